The van der Waals surface area contributed by atoms with Gasteiger partial charge in [-0.25, -0.2) is 4.39 Å². The molecule has 0 unspecified atom stereocenters. The predicted molar refractivity (Wildman–Crippen MR) is 62.9 cm³/mol. The van der Waals surface area contributed by atoms with Gasteiger partial charge in [-0.2, -0.15) is 13.2 Å². The Kier molecular flexibility index (Phi) is 6.57. The van der Waals surface area contributed by atoms with Gasteiger partial charge in [-0.05, 0) is 12.1 Å². The summed E-state index contributed by atoms with van der Waals surface area (Å²) < 4.78 is 53.3. The summed E-state index contributed by atoms with van der Waals surface area (Å²) in [5.74, 6) is -1.67. The van der Waals surface area contributed by atoms with E-state index in [1.165, 1.54) is 0 Å². The summed E-state index contributed by atoms with van der Waals surface area (Å²) in [5, 5.41) is 2.14. The van der Waals surface area contributed by atoms with E-state index in [-0.39, 0.29) is 30.4 Å². The van der Waals surface area contributed by atoms with E-state index in [1.54, 1.807) is 0 Å². The second-order valence-corrected chi connectivity index (χ2v) is 3.30. The molecule has 0 atom stereocenters. The van der Waals surface area contributed by atoms with E-state index in [0.717, 1.165) is 18.2 Å². The molecule has 4 nitrogen and oxygen atoms in total. The second-order valence-electron chi connectivity index (χ2n) is 3.30. The molecule has 9 heteroatoms. The van der Waals surface area contributed by atoms with Crippen LogP contribution in [0.15, 0.2) is 18.2 Å². The molecule has 0 saturated carbocycles. The summed E-state index contributed by atoms with van der Waals surface area (Å²) in [6.07, 6.45) is -4.52. The van der Waals surface area contributed by atoms with Crippen LogP contribution in [0.1, 0.15) is 0 Å². The van der Waals surface area contributed by atoms with E-state index >= 15 is 0 Å². The smallest absolute Gasteiger partial charge is 0.422 e. The molecule has 1 rings (SSSR count). The first-order valence-corrected chi connectivity index (χ1v) is 4.81. The minimum absolute atomic E-state index is 0. The number of ether oxygens (including phenoxy) is 1. The van der Waals surface area contributed by atoms with Crippen LogP contribution >= 0.6 is 12.4 Å². The van der Waals surface area contributed by atoms with Crippen LogP contribution in [0.4, 0.5) is 23.2 Å². The molecule has 1 amide bonds. The van der Waals surface area contributed by atoms with Gasteiger partial charge in [-0.15, -0.1) is 12.4 Å². The van der Waals surface area contributed by atoms with Gasteiger partial charge in [-0.1, -0.05) is 0 Å². The molecule has 3 N–H and O–H groups in total. The maximum atomic E-state index is 12.9. The number of hydrogen-bond acceptors (Lipinski definition) is 3. The molecule has 0 aliphatic heterocycles. The first kappa shape index (κ1) is 17.5. The van der Waals surface area contributed by atoms with Crippen molar-refractivity contribution in [2.24, 2.45) is 5.73 Å². The van der Waals surface area contributed by atoms with Crippen LogP contribution in [0.2, 0.25) is 0 Å². The lowest BCUT2D eigenvalue weighted by atomic mass is 10.2. The summed E-state index contributed by atoms with van der Waals surface area (Å²) in [4.78, 5) is 11.0. The van der Waals surface area contributed by atoms with Crippen molar-refractivity contribution >= 4 is 24.0 Å². The summed E-state index contributed by atoms with van der Waals surface area (Å²) in [5.41, 5.74) is 4.83. The maximum Gasteiger partial charge on any atom is 0.422 e. The Hall–Kier alpha value is -1.54. The van der Waals surface area contributed by atoms with Crippen molar-refractivity contribution in [3.05, 3.63) is 24.0 Å². The lowest BCUT2D eigenvalue weighted by Crippen LogP contribution is -2.23. The lowest BCUT2D eigenvalue weighted by molar-refractivity contribution is -0.153. The van der Waals surface area contributed by atoms with E-state index in [0.29, 0.717) is 0 Å². The van der Waals surface area contributed by atoms with Crippen LogP contribution in [0.25, 0.3) is 0 Å². The minimum Gasteiger partial charge on any atom is -0.482 e. The average molecular weight is 303 g/mol. The Bertz CT molecular complexity index is 440. The number of anilines is 1. The number of halogens is 5. The van der Waals surface area contributed by atoms with E-state index in [4.69, 9.17) is 5.73 Å². The van der Waals surface area contributed by atoms with E-state index in [1.807, 2.05) is 0 Å². The van der Waals surface area contributed by atoms with Gasteiger partial charge < -0.3 is 15.8 Å². The zero-order chi connectivity index (χ0) is 13.8. The van der Waals surface area contributed by atoms with Crippen LogP contribution in [0, 0.1) is 5.82 Å². The Balaban J connectivity index is 0.00000324. The molecule has 19 heavy (non-hydrogen) atoms. The third kappa shape index (κ3) is 6.25. The van der Waals surface area contributed by atoms with Crippen LogP contribution in [0.3, 0.4) is 0 Å². The van der Waals surface area contributed by atoms with Crippen molar-refractivity contribution in [1.29, 1.82) is 0 Å². The number of amides is 1. The highest BCUT2D eigenvalue weighted by Crippen LogP contribution is 2.27. The Morgan fingerprint density at radius 2 is 2.00 bits per heavy atom. The van der Waals surface area contributed by atoms with Crippen molar-refractivity contribution < 1.29 is 27.1 Å². The van der Waals surface area contributed by atoms with Crippen molar-refractivity contribution in [1.82, 2.24) is 0 Å². The largest absolute Gasteiger partial charge is 0.482 e. The number of carbonyl (C=O) groups is 1. The number of benzene rings is 1. The fourth-order valence-corrected chi connectivity index (χ4v) is 1.09. The minimum atomic E-state index is -4.52. The first-order valence-electron chi connectivity index (χ1n) is 4.81. The van der Waals surface area contributed by atoms with E-state index in [2.05, 4.69) is 10.1 Å². The van der Waals surface area contributed by atoms with Gasteiger partial charge in [-0.3, -0.25) is 4.79 Å². The Labute approximate surface area is 112 Å². The first-order chi connectivity index (χ1) is 8.31. The monoisotopic (exact) mass is 302 g/mol. The lowest BCUT2D eigenvalue weighted by Gasteiger charge is -2.13. The summed E-state index contributed by atoms with van der Waals surface area (Å²) >= 11 is 0. The summed E-state index contributed by atoms with van der Waals surface area (Å²) in [7, 11) is 0. The maximum absolute atomic E-state index is 12.9. The van der Waals surface area contributed by atoms with Gasteiger partial charge in [0.25, 0.3) is 0 Å². The van der Waals surface area contributed by atoms with Gasteiger partial charge in [0.15, 0.2) is 6.61 Å². The van der Waals surface area contributed by atoms with E-state index in [9.17, 15) is 22.4 Å². The van der Waals surface area contributed by atoms with Gasteiger partial charge in [0.1, 0.15) is 11.6 Å². The highest BCUT2D eigenvalue weighted by Gasteiger charge is 2.29. The topological polar surface area (TPSA) is 64.4 Å². The average Bonchev–Trinajstić information content (AvgIpc) is 2.26. The predicted octanol–water partition coefficient (Wildman–Crippen LogP) is 2.09. The Morgan fingerprint density at radius 1 is 1.37 bits per heavy atom. The van der Waals surface area contributed by atoms with Gasteiger partial charge in [0, 0.05) is 6.07 Å². The number of rotatable bonds is 4. The molecule has 0 spiro atoms. The summed E-state index contributed by atoms with van der Waals surface area (Å²) in [6.45, 7) is -1.92. The zero-order valence-corrected chi connectivity index (χ0v) is 10.3. The normalized spacial score (nSPS) is 10.6. The van der Waals surface area contributed by atoms with Crippen LogP contribution < -0.4 is 15.8 Å². The van der Waals surface area contributed by atoms with Gasteiger partial charge in [0.05, 0.1) is 12.2 Å². The van der Waals surface area contributed by atoms with E-state index < -0.39 is 24.5 Å². The molecule has 0 fully saturated rings. The SMILES string of the molecule is Cl.NCC(=O)Nc1cc(F)ccc1OCC(F)(F)F. The molecular weight excluding hydrogens is 292 g/mol. The molecule has 1 aromatic carbocycles. The Morgan fingerprint density at radius 3 is 2.53 bits per heavy atom. The number of nitrogens with two attached hydrogens (primary N) is 1. The van der Waals surface area contributed by atoms with Crippen molar-refractivity contribution in [2.75, 3.05) is 18.5 Å². The molecule has 0 radical (unpaired) electrons. The summed E-state index contributed by atoms with van der Waals surface area (Å²) in [6, 6.07) is 2.76. The third-order valence-corrected chi connectivity index (χ3v) is 1.79. The second kappa shape index (κ2) is 7.15. The highest BCUT2D eigenvalue weighted by atomic mass is 35.5. The molecule has 0 aliphatic carbocycles. The molecule has 0 heterocycles. The van der Waals surface area contributed by atoms with Crippen LogP contribution in [0.5, 0.6) is 5.75 Å². The molecule has 108 valence electrons. The van der Waals surface area contributed by atoms with Gasteiger partial charge >= 0.3 is 6.18 Å². The molecule has 0 saturated heterocycles. The van der Waals surface area contributed by atoms with Crippen LogP contribution in [-0.4, -0.2) is 25.2 Å². The molecular formula is C10H11ClF4N2O2. The molecule has 0 aliphatic rings. The van der Waals surface area contributed by atoms with Crippen LogP contribution in [-0.2, 0) is 4.79 Å². The molecule has 1 aromatic rings. The standard InChI is InChI=1S/C10H10F4N2O2.ClH/c11-6-1-2-8(18-5-10(12,13)14)7(3-6)16-9(17)4-15;/h1-3H,4-5,15H2,(H,16,17);1H. The molecule has 0 aromatic heterocycles. The number of carbonyl (C=O) groups excluding carboxylic acids is 1. The fourth-order valence-electron chi connectivity index (χ4n) is 1.09. The zero-order valence-electron chi connectivity index (χ0n) is 9.46. The number of hydrogen-bond donors (Lipinski definition) is 2. The number of nitrogens with one attached hydrogen (secondary N) is 1. The van der Waals surface area contributed by atoms with Gasteiger partial charge in [0.2, 0.25) is 5.91 Å². The quantitative estimate of drug-likeness (QED) is 0.837. The number of alkyl halides is 3. The van der Waals surface area contributed by atoms with Crippen molar-refractivity contribution in [3.8, 4) is 5.75 Å². The third-order valence-electron chi connectivity index (χ3n) is 1.79. The van der Waals surface area contributed by atoms with Crippen molar-refractivity contribution in [3.63, 3.8) is 0 Å². The highest BCUT2D eigenvalue weighted by molar-refractivity contribution is 5.93. The van der Waals surface area contributed by atoms with Crippen molar-refractivity contribution in [2.45, 2.75) is 6.18 Å². The fraction of sp³-hybridized carbons (Fsp3) is 0.300. The molecule has 0 bridgehead atoms.